The number of aromatic nitrogens is 1. The van der Waals surface area contributed by atoms with Gasteiger partial charge in [0.15, 0.2) is 5.72 Å². The lowest BCUT2D eigenvalue weighted by Gasteiger charge is -2.23. The molecule has 0 aliphatic carbocycles. The fourth-order valence-electron chi connectivity index (χ4n) is 2.08. The first-order chi connectivity index (χ1) is 8.22. The number of amides is 1. The normalized spacial score (nSPS) is 22.1. The Hall–Kier alpha value is -2.20. The first-order valence-corrected chi connectivity index (χ1v) is 5.28. The van der Waals surface area contributed by atoms with Gasteiger partial charge in [-0.2, -0.15) is 0 Å². The summed E-state index contributed by atoms with van der Waals surface area (Å²) in [6.45, 7) is 0. The van der Waals surface area contributed by atoms with Crippen LogP contribution in [0.2, 0.25) is 0 Å². The molecule has 1 aromatic heterocycles. The summed E-state index contributed by atoms with van der Waals surface area (Å²) in [5.41, 5.74) is -0.0720. The van der Waals surface area contributed by atoms with Crippen LogP contribution in [0.25, 0.3) is 0 Å². The lowest BCUT2D eigenvalue weighted by molar-refractivity contribution is 0.0476. The smallest absolute Gasteiger partial charge is 0.273 e. The van der Waals surface area contributed by atoms with E-state index >= 15 is 0 Å². The van der Waals surface area contributed by atoms with E-state index in [0.29, 0.717) is 11.1 Å². The third kappa shape index (κ3) is 1.34. The molecule has 1 aliphatic heterocycles. The van der Waals surface area contributed by atoms with Gasteiger partial charge in [0.25, 0.3) is 5.91 Å². The predicted octanol–water partition coefficient (Wildman–Crippen LogP) is 1.02. The van der Waals surface area contributed by atoms with E-state index in [9.17, 15) is 9.90 Å². The van der Waals surface area contributed by atoms with Crippen molar-refractivity contribution in [2.24, 2.45) is 0 Å². The molecular formula is C13H10N2O2. The summed E-state index contributed by atoms with van der Waals surface area (Å²) >= 11 is 0. The minimum atomic E-state index is -1.47. The van der Waals surface area contributed by atoms with Crippen molar-refractivity contribution in [3.63, 3.8) is 0 Å². The number of nitrogens with zero attached hydrogens (tertiary/aromatic N) is 1. The van der Waals surface area contributed by atoms with Crippen LogP contribution in [0.15, 0.2) is 48.7 Å². The predicted molar refractivity (Wildman–Crippen MR) is 61.1 cm³/mol. The Morgan fingerprint density at radius 1 is 1.12 bits per heavy atom. The Kier molecular flexibility index (Phi) is 2.00. The molecule has 0 saturated carbocycles. The van der Waals surface area contributed by atoms with E-state index < -0.39 is 5.72 Å². The fraction of sp³-hybridized carbons (Fsp3) is 0.0769. The van der Waals surface area contributed by atoms with Crippen molar-refractivity contribution >= 4 is 5.91 Å². The minimum Gasteiger partial charge on any atom is -0.363 e. The topological polar surface area (TPSA) is 62.2 Å². The van der Waals surface area contributed by atoms with E-state index in [1.807, 2.05) is 18.2 Å². The Balaban J connectivity index is 2.21. The number of carbonyl (C=O) groups is 1. The van der Waals surface area contributed by atoms with Crippen LogP contribution >= 0.6 is 0 Å². The van der Waals surface area contributed by atoms with Crippen molar-refractivity contribution in [1.82, 2.24) is 10.3 Å². The van der Waals surface area contributed by atoms with Crippen molar-refractivity contribution in [2.45, 2.75) is 5.72 Å². The van der Waals surface area contributed by atoms with Crippen LogP contribution in [0.3, 0.4) is 0 Å². The van der Waals surface area contributed by atoms with E-state index in [-0.39, 0.29) is 11.6 Å². The first kappa shape index (κ1) is 9.99. The van der Waals surface area contributed by atoms with Gasteiger partial charge in [0.05, 0.1) is 0 Å². The van der Waals surface area contributed by atoms with Crippen LogP contribution in [-0.2, 0) is 5.72 Å². The van der Waals surface area contributed by atoms with Crippen molar-refractivity contribution < 1.29 is 9.90 Å². The summed E-state index contributed by atoms with van der Waals surface area (Å²) in [7, 11) is 0. The highest BCUT2D eigenvalue weighted by Gasteiger charge is 2.43. The molecule has 2 heterocycles. The summed E-state index contributed by atoms with van der Waals surface area (Å²) in [6.07, 6.45) is 1.54. The average molecular weight is 226 g/mol. The molecule has 17 heavy (non-hydrogen) atoms. The van der Waals surface area contributed by atoms with Crippen LogP contribution in [0.5, 0.6) is 0 Å². The number of benzene rings is 1. The van der Waals surface area contributed by atoms with Crippen LogP contribution in [0.4, 0.5) is 0 Å². The first-order valence-electron chi connectivity index (χ1n) is 5.28. The van der Waals surface area contributed by atoms with E-state index in [4.69, 9.17) is 0 Å². The largest absolute Gasteiger partial charge is 0.363 e. The molecule has 1 aromatic carbocycles. The van der Waals surface area contributed by atoms with E-state index in [1.165, 1.54) is 6.20 Å². The minimum absolute atomic E-state index is 0.277. The van der Waals surface area contributed by atoms with Crippen LogP contribution in [0.1, 0.15) is 21.6 Å². The van der Waals surface area contributed by atoms with E-state index in [0.717, 1.165) is 0 Å². The maximum absolute atomic E-state index is 11.7. The fourth-order valence-corrected chi connectivity index (χ4v) is 2.08. The maximum Gasteiger partial charge on any atom is 0.273 e. The van der Waals surface area contributed by atoms with Gasteiger partial charge in [-0.15, -0.1) is 0 Å². The van der Waals surface area contributed by atoms with Gasteiger partial charge < -0.3 is 10.4 Å². The van der Waals surface area contributed by atoms with Gasteiger partial charge in [0, 0.05) is 17.3 Å². The summed E-state index contributed by atoms with van der Waals surface area (Å²) in [5, 5.41) is 13.2. The number of nitrogens with one attached hydrogen (secondary N) is 1. The molecule has 0 fully saturated rings. The zero-order valence-electron chi connectivity index (χ0n) is 8.92. The Morgan fingerprint density at radius 3 is 2.65 bits per heavy atom. The van der Waals surface area contributed by atoms with Crippen LogP contribution in [-0.4, -0.2) is 16.0 Å². The van der Waals surface area contributed by atoms with Crippen LogP contribution in [0, 0.1) is 0 Å². The number of fused-ring (bicyclic) bond motifs is 1. The molecule has 0 unspecified atom stereocenters. The molecular weight excluding hydrogens is 216 g/mol. The molecule has 4 heteroatoms. The molecule has 84 valence electrons. The van der Waals surface area contributed by atoms with Gasteiger partial charge >= 0.3 is 0 Å². The van der Waals surface area contributed by atoms with Crippen molar-refractivity contribution in [3.05, 3.63) is 65.5 Å². The zero-order chi connectivity index (χ0) is 11.9. The molecule has 1 amide bonds. The van der Waals surface area contributed by atoms with Crippen LogP contribution < -0.4 is 5.32 Å². The molecule has 1 atom stereocenters. The van der Waals surface area contributed by atoms with Gasteiger partial charge in [-0.25, -0.2) is 0 Å². The quantitative estimate of drug-likeness (QED) is 0.763. The molecule has 3 rings (SSSR count). The van der Waals surface area contributed by atoms with Gasteiger partial charge in [-0.05, 0) is 12.1 Å². The van der Waals surface area contributed by atoms with Crippen molar-refractivity contribution in [2.75, 3.05) is 0 Å². The lowest BCUT2D eigenvalue weighted by Crippen LogP contribution is -2.40. The lowest BCUT2D eigenvalue weighted by atomic mass is 9.97. The second-order valence-electron chi connectivity index (χ2n) is 3.93. The number of rotatable bonds is 1. The zero-order valence-corrected chi connectivity index (χ0v) is 8.92. The highest BCUT2D eigenvalue weighted by atomic mass is 16.3. The Morgan fingerprint density at radius 2 is 1.88 bits per heavy atom. The van der Waals surface area contributed by atoms with Crippen molar-refractivity contribution in [3.8, 4) is 0 Å². The average Bonchev–Trinajstić information content (AvgIpc) is 2.65. The SMILES string of the molecule is O=C1N[C@](O)(c2ccccc2)c2cccnc21. The number of hydrogen-bond donors (Lipinski definition) is 2. The summed E-state index contributed by atoms with van der Waals surface area (Å²) in [4.78, 5) is 15.7. The molecule has 2 aromatic rings. The molecule has 0 spiro atoms. The summed E-state index contributed by atoms with van der Waals surface area (Å²) in [6, 6.07) is 12.4. The number of pyridine rings is 1. The number of carbonyl (C=O) groups excluding carboxylic acids is 1. The second-order valence-corrected chi connectivity index (χ2v) is 3.93. The van der Waals surface area contributed by atoms with E-state index in [1.54, 1.807) is 24.3 Å². The third-order valence-corrected chi connectivity index (χ3v) is 2.90. The standard InChI is InChI=1S/C13H10N2O2/c16-12-11-10(7-4-8-14-11)13(17,15-12)9-5-2-1-3-6-9/h1-8,17H,(H,15,16)/t13-/m0/s1. The van der Waals surface area contributed by atoms with Gasteiger partial charge in [0.1, 0.15) is 5.69 Å². The summed E-state index contributed by atoms with van der Waals surface area (Å²) < 4.78 is 0. The Labute approximate surface area is 97.9 Å². The monoisotopic (exact) mass is 226 g/mol. The number of hydrogen-bond acceptors (Lipinski definition) is 3. The van der Waals surface area contributed by atoms with Crippen molar-refractivity contribution in [1.29, 1.82) is 0 Å². The third-order valence-electron chi connectivity index (χ3n) is 2.90. The molecule has 0 radical (unpaired) electrons. The highest BCUT2D eigenvalue weighted by Crippen LogP contribution is 2.33. The molecule has 2 N–H and O–H groups in total. The molecule has 0 bridgehead atoms. The highest BCUT2D eigenvalue weighted by molar-refractivity contribution is 5.98. The molecule has 1 aliphatic rings. The summed E-state index contributed by atoms with van der Waals surface area (Å²) in [5.74, 6) is -0.355. The number of aliphatic hydroxyl groups is 1. The van der Waals surface area contributed by atoms with Gasteiger partial charge in [0.2, 0.25) is 0 Å². The Bertz CT molecular complexity index is 583. The maximum atomic E-state index is 11.7. The second kappa shape index (κ2) is 3.40. The van der Waals surface area contributed by atoms with Gasteiger partial charge in [-0.3, -0.25) is 9.78 Å². The van der Waals surface area contributed by atoms with E-state index in [2.05, 4.69) is 10.3 Å². The molecule has 0 saturated heterocycles. The van der Waals surface area contributed by atoms with Gasteiger partial charge in [-0.1, -0.05) is 30.3 Å². The molecule has 4 nitrogen and oxygen atoms in total.